The Kier molecular flexibility index (Phi) is 5.66. The van der Waals surface area contributed by atoms with Crippen molar-refractivity contribution in [1.82, 2.24) is 4.98 Å². The molecule has 0 radical (unpaired) electrons. The van der Waals surface area contributed by atoms with Gasteiger partial charge >= 0.3 is 0 Å². The number of carbonyl (C=O) groups excluding carboxylic acids is 1. The average Bonchev–Trinajstić information content (AvgIpc) is 2.49. The minimum Gasteiger partial charge on any atom is -0.320 e. The maximum absolute atomic E-state index is 12.6. The van der Waals surface area contributed by atoms with Gasteiger partial charge in [-0.3, -0.25) is 4.79 Å². The van der Waals surface area contributed by atoms with Crippen LogP contribution < -0.4 is 5.32 Å². The number of pyridine rings is 1. The number of aromatic nitrogens is 1. The van der Waals surface area contributed by atoms with Crippen molar-refractivity contribution < 1.29 is 4.79 Å². The molecular weight excluding hydrogens is 331 g/mol. The summed E-state index contributed by atoms with van der Waals surface area (Å²) in [6.07, 6.45) is 0. The largest absolute Gasteiger partial charge is 0.320 e. The van der Waals surface area contributed by atoms with Crippen molar-refractivity contribution in [2.24, 2.45) is 0 Å². The first-order chi connectivity index (χ1) is 10.8. The van der Waals surface area contributed by atoms with Crippen LogP contribution in [0.4, 0.5) is 5.69 Å². The van der Waals surface area contributed by atoms with E-state index >= 15 is 0 Å². The van der Waals surface area contributed by atoms with E-state index in [0.29, 0.717) is 0 Å². The Morgan fingerprint density at radius 1 is 1.00 bits per heavy atom. The third kappa shape index (κ3) is 4.04. The zero-order valence-electron chi connectivity index (χ0n) is 13.7. The molecule has 2 rings (SSSR count). The number of halogens is 2. The van der Waals surface area contributed by atoms with Crippen molar-refractivity contribution in [3.05, 3.63) is 57.3 Å². The van der Waals surface area contributed by atoms with Crippen LogP contribution >= 0.6 is 23.2 Å². The molecule has 0 saturated carbocycles. The average molecular weight is 351 g/mol. The van der Waals surface area contributed by atoms with Crippen molar-refractivity contribution in [2.45, 2.75) is 39.5 Å². The van der Waals surface area contributed by atoms with Gasteiger partial charge in [0.2, 0.25) is 0 Å². The summed E-state index contributed by atoms with van der Waals surface area (Å²) < 4.78 is 0. The van der Waals surface area contributed by atoms with Crippen LogP contribution in [-0.2, 0) is 0 Å². The van der Waals surface area contributed by atoms with Crippen LogP contribution in [0.3, 0.4) is 0 Å². The quantitative estimate of drug-likeness (QED) is 0.698. The first-order valence-corrected chi connectivity index (χ1v) is 8.33. The highest BCUT2D eigenvalue weighted by Gasteiger charge is 2.19. The molecule has 0 bridgehead atoms. The van der Waals surface area contributed by atoms with Gasteiger partial charge in [0.1, 0.15) is 10.8 Å². The number of carbonyl (C=O) groups is 1. The molecule has 23 heavy (non-hydrogen) atoms. The van der Waals surface area contributed by atoms with Crippen LogP contribution in [0.1, 0.15) is 61.1 Å². The monoisotopic (exact) mass is 350 g/mol. The number of hydrogen-bond acceptors (Lipinski definition) is 2. The second-order valence-electron chi connectivity index (χ2n) is 6.04. The molecule has 0 aliphatic carbocycles. The maximum atomic E-state index is 12.6. The van der Waals surface area contributed by atoms with E-state index in [0.717, 1.165) is 16.8 Å². The summed E-state index contributed by atoms with van der Waals surface area (Å²) in [5.74, 6) is 0.214. The number of hydrogen-bond donors (Lipinski definition) is 1. The molecule has 0 aliphatic rings. The van der Waals surface area contributed by atoms with Crippen LogP contribution in [0.2, 0.25) is 10.2 Å². The fourth-order valence-electron chi connectivity index (χ4n) is 2.45. The van der Waals surface area contributed by atoms with Gasteiger partial charge in [-0.1, -0.05) is 69.1 Å². The summed E-state index contributed by atoms with van der Waals surface area (Å²) in [5.41, 5.74) is 3.14. The Hall–Kier alpha value is -1.58. The minimum absolute atomic E-state index is 0.132. The number of rotatable bonds is 4. The first kappa shape index (κ1) is 17.8. The molecular formula is C18H20Cl2N2O. The molecule has 2 aromatic rings. The van der Waals surface area contributed by atoms with E-state index in [9.17, 15) is 4.79 Å². The van der Waals surface area contributed by atoms with E-state index in [1.165, 1.54) is 0 Å². The molecule has 0 saturated heterocycles. The van der Waals surface area contributed by atoms with Gasteiger partial charge in [-0.25, -0.2) is 4.98 Å². The zero-order valence-corrected chi connectivity index (χ0v) is 15.2. The van der Waals surface area contributed by atoms with Crippen LogP contribution in [0.5, 0.6) is 0 Å². The lowest BCUT2D eigenvalue weighted by Gasteiger charge is -2.20. The molecule has 5 heteroatoms. The van der Waals surface area contributed by atoms with Crippen LogP contribution in [0, 0.1) is 0 Å². The second kappa shape index (κ2) is 7.33. The highest BCUT2D eigenvalue weighted by atomic mass is 35.5. The van der Waals surface area contributed by atoms with E-state index in [2.05, 4.69) is 38.0 Å². The van der Waals surface area contributed by atoms with Gasteiger partial charge in [-0.15, -0.1) is 0 Å². The molecule has 1 aromatic heterocycles. The summed E-state index contributed by atoms with van der Waals surface area (Å²) in [6, 6.07) is 9.20. The van der Waals surface area contributed by atoms with Gasteiger partial charge in [0.25, 0.3) is 5.91 Å². The number of anilines is 1. The number of nitrogens with one attached hydrogen (secondary N) is 1. The third-order valence-corrected chi connectivity index (χ3v) is 4.15. The Morgan fingerprint density at radius 3 is 2.09 bits per heavy atom. The van der Waals surface area contributed by atoms with Crippen LogP contribution in [0.15, 0.2) is 30.3 Å². The van der Waals surface area contributed by atoms with Gasteiger partial charge in [0.05, 0.1) is 5.02 Å². The molecule has 1 N–H and O–H groups in total. The fraction of sp³-hybridized carbons (Fsp3) is 0.333. The van der Waals surface area contributed by atoms with Crippen molar-refractivity contribution in [3.8, 4) is 0 Å². The van der Waals surface area contributed by atoms with Gasteiger partial charge in [0.15, 0.2) is 0 Å². The van der Waals surface area contributed by atoms with Gasteiger partial charge in [-0.2, -0.15) is 0 Å². The summed E-state index contributed by atoms with van der Waals surface area (Å²) >= 11 is 12.0. The lowest BCUT2D eigenvalue weighted by atomic mass is 9.92. The highest BCUT2D eigenvalue weighted by Crippen LogP contribution is 2.33. The van der Waals surface area contributed by atoms with E-state index in [4.69, 9.17) is 23.2 Å². The second-order valence-corrected chi connectivity index (χ2v) is 6.83. The van der Waals surface area contributed by atoms with Crippen LogP contribution in [0.25, 0.3) is 0 Å². The van der Waals surface area contributed by atoms with Crippen molar-refractivity contribution in [2.75, 3.05) is 5.32 Å². The fourth-order valence-corrected chi connectivity index (χ4v) is 2.78. The highest BCUT2D eigenvalue weighted by molar-refractivity contribution is 6.35. The number of para-hydroxylation sites is 1. The predicted molar refractivity (Wildman–Crippen MR) is 96.8 cm³/mol. The normalized spacial score (nSPS) is 11.1. The van der Waals surface area contributed by atoms with E-state index in [1.807, 2.05) is 18.2 Å². The molecule has 0 fully saturated rings. The summed E-state index contributed by atoms with van der Waals surface area (Å²) in [4.78, 5) is 16.7. The summed E-state index contributed by atoms with van der Waals surface area (Å²) in [7, 11) is 0. The molecule has 1 aromatic carbocycles. The molecule has 1 heterocycles. The molecule has 0 aliphatic heterocycles. The van der Waals surface area contributed by atoms with Crippen molar-refractivity contribution in [1.29, 1.82) is 0 Å². The minimum atomic E-state index is -0.354. The standard InChI is InChI=1S/C18H20Cl2N2O/c1-10(2)12-6-5-7-13(11(3)4)16(12)22-18(23)17-14(19)8-9-15(20)21-17/h5-11H,1-4H3,(H,22,23). The summed E-state index contributed by atoms with van der Waals surface area (Å²) in [5, 5.41) is 3.50. The van der Waals surface area contributed by atoms with E-state index in [-0.39, 0.29) is 33.6 Å². The Labute approximate surface area is 147 Å². The van der Waals surface area contributed by atoms with Gasteiger partial charge in [0, 0.05) is 5.69 Å². The molecule has 1 amide bonds. The topological polar surface area (TPSA) is 42.0 Å². The molecule has 3 nitrogen and oxygen atoms in total. The zero-order chi connectivity index (χ0) is 17.1. The molecule has 122 valence electrons. The Morgan fingerprint density at radius 2 is 1.57 bits per heavy atom. The first-order valence-electron chi connectivity index (χ1n) is 7.57. The lowest BCUT2D eigenvalue weighted by molar-refractivity contribution is 0.102. The van der Waals surface area contributed by atoms with Crippen molar-refractivity contribution >= 4 is 34.8 Å². The predicted octanol–water partition coefficient (Wildman–Crippen LogP) is 5.89. The van der Waals surface area contributed by atoms with Crippen LogP contribution in [-0.4, -0.2) is 10.9 Å². The Balaban J connectivity index is 2.46. The smallest absolute Gasteiger partial charge is 0.275 e. The Bertz CT molecular complexity index is 701. The molecule has 0 atom stereocenters. The third-order valence-electron chi connectivity index (χ3n) is 3.64. The lowest BCUT2D eigenvalue weighted by Crippen LogP contribution is -2.17. The van der Waals surface area contributed by atoms with Gasteiger partial charge < -0.3 is 5.32 Å². The number of nitrogens with zero attached hydrogens (tertiary/aromatic N) is 1. The maximum Gasteiger partial charge on any atom is 0.275 e. The summed E-state index contributed by atoms with van der Waals surface area (Å²) in [6.45, 7) is 8.39. The van der Waals surface area contributed by atoms with E-state index < -0.39 is 0 Å². The number of amides is 1. The van der Waals surface area contributed by atoms with Gasteiger partial charge in [-0.05, 0) is 35.1 Å². The SMILES string of the molecule is CC(C)c1cccc(C(C)C)c1NC(=O)c1nc(Cl)ccc1Cl. The molecule has 0 unspecified atom stereocenters. The van der Waals surface area contributed by atoms with E-state index in [1.54, 1.807) is 12.1 Å². The molecule has 0 spiro atoms. The van der Waals surface area contributed by atoms with Crippen molar-refractivity contribution in [3.63, 3.8) is 0 Å². The number of benzene rings is 1.